The van der Waals surface area contributed by atoms with Crippen LogP contribution in [0.2, 0.25) is 0 Å². The van der Waals surface area contributed by atoms with Gasteiger partial charge in [0.05, 0.1) is 79.5 Å². The first-order valence-corrected chi connectivity index (χ1v) is 28.9. The first-order valence-electron chi connectivity index (χ1n) is 28.9. The summed E-state index contributed by atoms with van der Waals surface area (Å²) in [5.74, 6) is -6.42. The fourth-order valence-electron chi connectivity index (χ4n) is 12.0. The number of hydrogen-bond donors (Lipinski definition) is 5. The average Bonchev–Trinajstić information content (AvgIpc) is 3.42. The molecule has 2 aromatic rings. The van der Waals surface area contributed by atoms with Crippen LogP contribution in [0.4, 0.5) is 0 Å². The number of pyridine rings is 1. The van der Waals surface area contributed by atoms with Crippen LogP contribution in [-0.4, -0.2) is 197 Å². The number of aromatic carboxylic acids is 1. The van der Waals surface area contributed by atoms with E-state index in [1.807, 2.05) is 58.8 Å². The van der Waals surface area contributed by atoms with Crippen LogP contribution in [0.25, 0.3) is 10.9 Å². The molecule has 81 heavy (non-hydrogen) atoms. The Hall–Kier alpha value is -4.17. The second-order valence-corrected chi connectivity index (χ2v) is 23.4. The number of methoxy groups -OCH3 is 1. The second kappa shape index (κ2) is 29.6. The molecule has 0 unspecified atom stereocenters. The maximum Gasteiger partial charge on any atom is 0.341 e. The van der Waals surface area contributed by atoms with E-state index in [9.17, 15) is 44.7 Å². The van der Waals surface area contributed by atoms with E-state index in [4.69, 9.17) is 47.5 Å². The van der Waals surface area contributed by atoms with Crippen molar-refractivity contribution in [2.75, 3.05) is 54.2 Å². The fraction of sp³-hybridized carbons (Fsp3) is 0.780. The molecule has 0 saturated carbocycles. The minimum absolute atomic E-state index is 0.0175. The Bertz CT molecular complexity index is 2470. The Balaban J connectivity index is 1.37. The number of aromatic nitrogens is 1. The molecule has 1 aromatic heterocycles. The lowest BCUT2D eigenvalue weighted by molar-refractivity contribution is -0.328. The van der Waals surface area contributed by atoms with Gasteiger partial charge < -0.3 is 82.5 Å². The Kier molecular flexibility index (Phi) is 24.7. The summed E-state index contributed by atoms with van der Waals surface area (Å²) < 4.78 is 58.4. The number of aliphatic hydroxyl groups is 4. The molecule has 0 aliphatic carbocycles. The number of oxime groups is 1. The van der Waals surface area contributed by atoms with E-state index in [1.54, 1.807) is 59.1 Å². The standard InChI is InChI=1S/C59H95N3O19/c1-16-44-59(12,71)50(66)36(7)46(60-75-18-3)33(4)30-57(10,70)51(81-55-48(65)43(61(13)14)28-34(5)76-55)37(8)49(38(9)54(69)78-44)80-56-52(58(11,72-15)31-35(6)77-56)79-45(63)23-25-74-27-26-73-24-19-20-39-21-22-42-40(29-39)47(64)41(53(67)68)32-62(42)17-2/h21-22,29,32-38,43-44,48-52,55-56,65-66,70-71H,16-20,23-28,30-31H2,1-15H3,(H,67,68)/b60-46+/t33-,34-,35+,36+,37+,38-,43+,44-,48-,49+,50-,51-,52+,55+,56+,57-,58+,59-/m1/s1. The molecule has 3 aliphatic heterocycles. The predicted octanol–water partition coefficient (Wildman–Crippen LogP) is 5.25. The Morgan fingerprint density at radius 2 is 1.53 bits per heavy atom. The highest BCUT2D eigenvalue weighted by Crippen LogP contribution is 2.42. The van der Waals surface area contributed by atoms with Crippen LogP contribution in [0.3, 0.4) is 0 Å². The molecule has 0 spiro atoms. The van der Waals surface area contributed by atoms with Gasteiger partial charge in [-0.05, 0) is 119 Å². The molecule has 3 fully saturated rings. The van der Waals surface area contributed by atoms with Gasteiger partial charge in [-0.25, -0.2) is 4.79 Å². The fourth-order valence-corrected chi connectivity index (χ4v) is 12.0. The van der Waals surface area contributed by atoms with E-state index >= 15 is 0 Å². The van der Waals surface area contributed by atoms with E-state index in [-0.39, 0.29) is 69.8 Å². The molecule has 1 aromatic carbocycles. The summed E-state index contributed by atoms with van der Waals surface area (Å²) in [6.45, 7) is 22.1. The third-order valence-corrected chi connectivity index (χ3v) is 16.6. The van der Waals surface area contributed by atoms with Crippen LogP contribution in [0.5, 0.6) is 0 Å². The van der Waals surface area contributed by atoms with Gasteiger partial charge in [0, 0.05) is 62.1 Å². The summed E-state index contributed by atoms with van der Waals surface area (Å²) in [6, 6.07) is 5.09. The van der Waals surface area contributed by atoms with Crippen LogP contribution in [0.15, 0.2) is 34.3 Å². The van der Waals surface area contributed by atoms with Crippen LogP contribution in [-0.2, 0) is 70.0 Å². The van der Waals surface area contributed by atoms with Crippen molar-refractivity contribution in [2.45, 2.75) is 219 Å². The number of rotatable bonds is 22. The highest BCUT2D eigenvalue weighted by atomic mass is 16.7. The SMILES string of the molecule is CCO/N=C1\[C@H](C)C[C@@](C)(O)[C@H](O[C@@H]2O[C@H](C)C[C@H](N(C)C)[C@H]2O)[C@@H](C)[C@H](O[C@@H]2O[C@@H](C)C[C@](C)(OC)[C@H]2OC(=O)CCOCCOCCCc2ccc3c(c2)c(=O)c(C(=O)O)cn3CC)[C@@H](C)C(=O)O[C@H](CC)[C@@](C)(O)[C@H](O)[C@H]1C. The molecule has 0 amide bonds. The van der Waals surface area contributed by atoms with Crippen molar-refractivity contribution in [3.63, 3.8) is 0 Å². The number of fused-ring (bicyclic) bond motifs is 1. The number of likely N-dealkylation sites (N-methyl/N-ethyl adjacent to an activating group) is 1. The first kappa shape index (κ1) is 67.6. The van der Waals surface area contributed by atoms with E-state index in [0.717, 1.165) is 5.56 Å². The molecule has 3 aliphatic rings. The van der Waals surface area contributed by atoms with Gasteiger partial charge in [-0.2, -0.15) is 0 Å². The Labute approximate surface area is 477 Å². The molecule has 0 radical (unpaired) electrons. The normalized spacial score (nSPS) is 36.1. The number of ether oxygens (including phenoxy) is 9. The molecule has 460 valence electrons. The van der Waals surface area contributed by atoms with Crippen molar-refractivity contribution >= 4 is 34.5 Å². The average molecular weight is 1150 g/mol. The van der Waals surface area contributed by atoms with Gasteiger partial charge in [0.1, 0.15) is 35.6 Å². The number of nitrogens with zero attached hydrogens (tertiary/aromatic N) is 3. The first-order chi connectivity index (χ1) is 38.1. The molecule has 4 heterocycles. The summed E-state index contributed by atoms with van der Waals surface area (Å²) in [7, 11) is 5.18. The number of cyclic esters (lactones) is 1. The minimum Gasteiger partial charge on any atom is -0.477 e. The highest BCUT2D eigenvalue weighted by Gasteiger charge is 2.55. The predicted molar refractivity (Wildman–Crippen MR) is 300 cm³/mol. The zero-order valence-corrected chi connectivity index (χ0v) is 50.5. The van der Waals surface area contributed by atoms with Crippen molar-refractivity contribution in [3.8, 4) is 0 Å². The van der Waals surface area contributed by atoms with Crippen molar-refractivity contribution in [2.24, 2.45) is 28.8 Å². The molecule has 18 atom stereocenters. The maximum absolute atomic E-state index is 14.7. The lowest BCUT2D eigenvalue weighted by atomic mass is 9.73. The molecule has 5 N–H and O–H groups in total. The summed E-state index contributed by atoms with van der Waals surface area (Å²) in [6.07, 6.45) is -8.03. The monoisotopic (exact) mass is 1150 g/mol. The molecular weight excluding hydrogens is 1050 g/mol. The largest absolute Gasteiger partial charge is 0.477 e. The third-order valence-electron chi connectivity index (χ3n) is 16.6. The van der Waals surface area contributed by atoms with E-state index in [0.29, 0.717) is 49.0 Å². The molecule has 22 nitrogen and oxygen atoms in total. The van der Waals surface area contributed by atoms with Crippen molar-refractivity contribution < 1.29 is 87.4 Å². The quantitative estimate of drug-likeness (QED) is 0.0572. The summed E-state index contributed by atoms with van der Waals surface area (Å²) >= 11 is 0. The van der Waals surface area contributed by atoms with Crippen LogP contribution in [0.1, 0.15) is 138 Å². The number of aryl methyl sites for hydroxylation is 2. The molecular formula is C59H95N3O19. The summed E-state index contributed by atoms with van der Waals surface area (Å²) in [4.78, 5) is 60.7. The van der Waals surface area contributed by atoms with E-state index in [1.165, 1.54) is 20.2 Å². The number of carbonyl (C=O) groups excluding carboxylic acids is 2. The third kappa shape index (κ3) is 16.6. The van der Waals surface area contributed by atoms with Gasteiger partial charge in [0.25, 0.3) is 0 Å². The number of carboxylic acid groups (broad SMARTS) is 1. The van der Waals surface area contributed by atoms with Crippen LogP contribution < -0.4 is 5.43 Å². The van der Waals surface area contributed by atoms with Gasteiger partial charge in [-0.15, -0.1) is 0 Å². The Morgan fingerprint density at radius 3 is 2.15 bits per heavy atom. The Morgan fingerprint density at radius 1 is 0.864 bits per heavy atom. The van der Waals surface area contributed by atoms with Crippen molar-refractivity contribution in [3.05, 3.63) is 45.7 Å². The molecule has 0 bridgehead atoms. The minimum atomic E-state index is -2.01. The van der Waals surface area contributed by atoms with Crippen LogP contribution >= 0.6 is 0 Å². The number of carboxylic acids is 1. The smallest absolute Gasteiger partial charge is 0.341 e. The number of hydrogen-bond acceptors (Lipinski definition) is 20. The molecule has 22 heteroatoms. The van der Waals surface area contributed by atoms with Gasteiger partial charge in [0.15, 0.2) is 18.7 Å². The van der Waals surface area contributed by atoms with Gasteiger partial charge in [0.2, 0.25) is 5.43 Å². The molecule has 5 rings (SSSR count). The highest BCUT2D eigenvalue weighted by molar-refractivity contribution is 5.92. The zero-order chi connectivity index (χ0) is 60.3. The second-order valence-electron chi connectivity index (χ2n) is 23.4. The number of esters is 2. The number of aliphatic hydroxyl groups excluding tert-OH is 2. The van der Waals surface area contributed by atoms with Crippen molar-refractivity contribution in [1.82, 2.24) is 9.47 Å². The molecule has 3 saturated heterocycles. The zero-order valence-electron chi connectivity index (χ0n) is 50.5. The van der Waals surface area contributed by atoms with Crippen molar-refractivity contribution in [1.29, 1.82) is 0 Å². The summed E-state index contributed by atoms with van der Waals surface area (Å²) in [5.41, 5.74) is -3.97. The van der Waals surface area contributed by atoms with E-state index in [2.05, 4.69) is 5.16 Å². The van der Waals surface area contributed by atoms with Gasteiger partial charge in [-0.3, -0.25) is 14.4 Å². The maximum atomic E-state index is 14.7. The number of benzene rings is 1. The summed E-state index contributed by atoms with van der Waals surface area (Å²) in [5, 5.41) is 63.2. The lowest BCUT2D eigenvalue weighted by Crippen LogP contribution is -2.62. The van der Waals surface area contributed by atoms with Gasteiger partial charge in [-0.1, -0.05) is 38.9 Å². The van der Waals surface area contributed by atoms with Crippen LogP contribution in [0, 0.1) is 23.7 Å². The lowest BCUT2D eigenvalue weighted by Gasteiger charge is -2.50. The van der Waals surface area contributed by atoms with E-state index < -0.39 is 119 Å². The topological polar surface area (TPSA) is 282 Å². The van der Waals surface area contributed by atoms with Gasteiger partial charge >= 0.3 is 17.9 Å². The number of carbonyl (C=O) groups is 3.